The minimum Gasteiger partial charge on any atom is -0.387 e. The summed E-state index contributed by atoms with van der Waals surface area (Å²) in [6.45, 7) is 3.00. The fourth-order valence-electron chi connectivity index (χ4n) is 3.26. The van der Waals surface area contributed by atoms with Crippen LogP contribution in [-0.2, 0) is 0 Å². The van der Waals surface area contributed by atoms with Crippen molar-refractivity contribution in [3.05, 3.63) is 42.2 Å². The van der Waals surface area contributed by atoms with Gasteiger partial charge in [-0.05, 0) is 50.6 Å². The second kappa shape index (κ2) is 6.10. The molecule has 1 saturated heterocycles. The maximum absolute atomic E-state index is 11.0. The quantitative estimate of drug-likeness (QED) is 0.915. The highest BCUT2D eigenvalue weighted by atomic mass is 16.3. The lowest BCUT2D eigenvalue weighted by Gasteiger charge is -2.32. The third-order valence-electron chi connectivity index (χ3n) is 4.51. The number of hydrogen-bond donors (Lipinski definition) is 1. The van der Waals surface area contributed by atoms with Crippen LogP contribution in [0.25, 0.3) is 10.8 Å². The molecular weight excluding hydrogens is 262 g/mol. The van der Waals surface area contributed by atoms with Crippen LogP contribution >= 0.6 is 0 Å². The van der Waals surface area contributed by atoms with Crippen molar-refractivity contribution in [1.29, 1.82) is 0 Å². The minimum absolute atomic E-state index is 0.122. The van der Waals surface area contributed by atoms with Gasteiger partial charge in [0.05, 0.1) is 12.1 Å². The predicted octanol–water partition coefficient (Wildman–Crippen LogP) is 1.90. The summed E-state index contributed by atoms with van der Waals surface area (Å²) in [6.07, 6.45) is 4.31. The number of rotatable bonds is 2. The van der Waals surface area contributed by atoms with Gasteiger partial charge < -0.3 is 10.0 Å². The van der Waals surface area contributed by atoms with Crippen molar-refractivity contribution < 1.29 is 5.11 Å². The molecule has 0 aliphatic carbocycles. The summed E-state index contributed by atoms with van der Waals surface area (Å²) in [5.41, 5.74) is 1.00. The molecule has 112 valence electrons. The van der Waals surface area contributed by atoms with E-state index in [1.807, 2.05) is 30.5 Å². The lowest BCUT2D eigenvalue weighted by atomic mass is 9.96. The van der Waals surface area contributed by atoms with Gasteiger partial charge in [-0.2, -0.15) is 0 Å². The van der Waals surface area contributed by atoms with E-state index in [2.05, 4.69) is 28.9 Å². The summed E-state index contributed by atoms with van der Waals surface area (Å²) in [7, 11) is 4.24. The summed E-state index contributed by atoms with van der Waals surface area (Å²) >= 11 is 0. The van der Waals surface area contributed by atoms with Crippen LogP contribution in [0.3, 0.4) is 0 Å². The molecule has 1 fully saturated rings. The largest absolute Gasteiger partial charge is 0.387 e. The van der Waals surface area contributed by atoms with Gasteiger partial charge in [0.25, 0.3) is 0 Å². The van der Waals surface area contributed by atoms with Crippen LogP contribution in [0.15, 0.2) is 36.7 Å². The van der Waals surface area contributed by atoms with Crippen molar-refractivity contribution in [3.63, 3.8) is 0 Å². The monoisotopic (exact) mass is 285 g/mol. The first-order chi connectivity index (χ1) is 10.2. The van der Waals surface area contributed by atoms with Crippen molar-refractivity contribution in [2.75, 3.05) is 33.7 Å². The van der Waals surface area contributed by atoms with Crippen LogP contribution in [-0.4, -0.2) is 59.7 Å². The van der Waals surface area contributed by atoms with E-state index in [1.54, 1.807) is 6.20 Å². The van der Waals surface area contributed by atoms with E-state index in [9.17, 15) is 5.11 Å². The molecule has 1 N–H and O–H groups in total. The molecule has 3 rings (SSSR count). The maximum atomic E-state index is 11.0. The molecule has 0 spiro atoms. The van der Waals surface area contributed by atoms with Gasteiger partial charge in [-0.25, -0.2) is 0 Å². The van der Waals surface area contributed by atoms with Crippen LogP contribution < -0.4 is 0 Å². The van der Waals surface area contributed by atoms with E-state index in [4.69, 9.17) is 0 Å². The lowest BCUT2D eigenvalue weighted by Crippen LogP contribution is -2.42. The Labute approximate surface area is 126 Å². The Balaban J connectivity index is 1.97. The molecule has 2 aromatic rings. The summed E-state index contributed by atoms with van der Waals surface area (Å²) in [5.74, 6) is 0. The SMILES string of the molecule is CN1CCCN(C)C(C(O)c2cccc3cnccc23)C1. The maximum Gasteiger partial charge on any atom is 0.0963 e. The van der Waals surface area contributed by atoms with Gasteiger partial charge in [0.15, 0.2) is 0 Å². The summed E-state index contributed by atoms with van der Waals surface area (Å²) in [4.78, 5) is 8.76. The molecule has 1 aliphatic heterocycles. The normalized spacial score (nSPS) is 23.1. The predicted molar refractivity (Wildman–Crippen MR) is 85.2 cm³/mol. The second-order valence-electron chi connectivity index (χ2n) is 6.05. The van der Waals surface area contributed by atoms with Crippen LogP contribution in [0, 0.1) is 0 Å². The van der Waals surface area contributed by atoms with Crippen LogP contribution in [0.1, 0.15) is 18.1 Å². The molecule has 0 saturated carbocycles. The molecule has 0 radical (unpaired) electrons. The molecule has 21 heavy (non-hydrogen) atoms. The molecule has 1 aromatic carbocycles. The van der Waals surface area contributed by atoms with Crippen molar-refractivity contribution in [1.82, 2.24) is 14.8 Å². The van der Waals surface area contributed by atoms with Crippen LogP contribution in [0.2, 0.25) is 0 Å². The smallest absolute Gasteiger partial charge is 0.0963 e. The zero-order chi connectivity index (χ0) is 14.8. The number of fused-ring (bicyclic) bond motifs is 1. The number of aliphatic hydroxyl groups excluding tert-OH is 1. The third-order valence-corrected chi connectivity index (χ3v) is 4.51. The Kier molecular flexibility index (Phi) is 4.19. The fraction of sp³-hybridized carbons (Fsp3) is 0.471. The molecule has 2 unspecified atom stereocenters. The van der Waals surface area contributed by atoms with Crippen molar-refractivity contribution in [2.24, 2.45) is 0 Å². The van der Waals surface area contributed by atoms with E-state index >= 15 is 0 Å². The number of likely N-dealkylation sites (N-methyl/N-ethyl adjacent to an activating group) is 2. The minimum atomic E-state index is -0.485. The van der Waals surface area contributed by atoms with Gasteiger partial charge in [-0.3, -0.25) is 9.88 Å². The Morgan fingerprint density at radius 3 is 2.95 bits per heavy atom. The van der Waals surface area contributed by atoms with E-state index in [0.29, 0.717) is 0 Å². The van der Waals surface area contributed by atoms with Gasteiger partial charge in [-0.1, -0.05) is 18.2 Å². The highest BCUT2D eigenvalue weighted by Crippen LogP contribution is 2.28. The van der Waals surface area contributed by atoms with Crippen LogP contribution in [0.4, 0.5) is 0 Å². The second-order valence-corrected chi connectivity index (χ2v) is 6.05. The van der Waals surface area contributed by atoms with Gasteiger partial charge in [0.1, 0.15) is 0 Å². The van der Waals surface area contributed by atoms with Crippen molar-refractivity contribution in [3.8, 4) is 0 Å². The number of nitrogens with zero attached hydrogens (tertiary/aromatic N) is 3. The molecule has 0 amide bonds. The van der Waals surface area contributed by atoms with Gasteiger partial charge in [-0.15, -0.1) is 0 Å². The Hall–Kier alpha value is -1.49. The Morgan fingerprint density at radius 1 is 1.24 bits per heavy atom. The van der Waals surface area contributed by atoms with E-state index < -0.39 is 6.10 Å². The highest BCUT2D eigenvalue weighted by Gasteiger charge is 2.29. The molecule has 2 atom stereocenters. The average Bonchev–Trinajstić information content (AvgIpc) is 2.67. The molecule has 2 heterocycles. The van der Waals surface area contributed by atoms with Crippen LogP contribution in [0.5, 0.6) is 0 Å². The van der Waals surface area contributed by atoms with Crippen molar-refractivity contribution in [2.45, 2.75) is 18.6 Å². The summed E-state index contributed by atoms with van der Waals surface area (Å²) in [6, 6.07) is 8.20. The van der Waals surface area contributed by atoms with Gasteiger partial charge in [0, 0.05) is 24.3 Å². The Bertz CT molecular complexity index is 611. The molecule has 1 aromatic heterocycles. The first kappa shape index (κ1) is 14.4. The highest BCUT2D eigenvalue weighted by molar-refractivity contribution is 5.85. The number of aliphatic hydroxyl groups is 1. The third kappa shape index (κ3) is 2.93. The molecule has 0 bridgehead atoms. The first-order valence-electron chi connectivity index (χ1n) is 7.56. The summed E-state index contributed by atoms with van der Waals surface area (Å²) in [5, 5.41) is 13.1. The van der Waals surface area contributed by atoms with Gasteiger partial charge >= 0.3 is 0 Å². The first-order valence-corrected chi connectivity index (χ1v) is 7.56. The molecule has 4 nitrogen and oxygen atoms in total. The Morgan fingerprint density at radius 2 is 2.10 bits per heavy atom. The topological polar surface area (TPSA) is 39.6 Å². The van der Waals surface area contributed by atoms with Gasteiger partial charge in [0.2, 0.25) is 0 Å². The molecule has 1 aliphatic rings. The van der Waals surface area contributed by atoms with E-state index in [0.717, 1.165) is 42.4 Å². The van der Waals surface area contributed by atoms with E-state index in [1.165, 1.54) is 0 Å². The zero-order valence-electron chi connectivity index (χ0n) is 12.7. The number of hydrogen-bond acceptors (Lipinski definition) is 4. The number of pyridine rings is 1. The fourth-order valence-corrected chi connectivity index (χ4v) is 3.26. The number of aromatic nitrogens is 1. The zero-order valence-corrected chi connectivity index (χ0v) is 12.7. The summed E-state index contributed by atoms with van der Waals surface area (Å²) < 4.78 is 0. The average molecular weight is 285 g/mol. The molecular formula is C17H23N3O. The van der Waals surface area contributed by atoms with E-state index in [-0.39, 0.29) is 6.04 Å². The van der Waals surface area contributed by atoms with Crippen molar-refractivity contribution >= 4 is 10.8 Å². The standard InChI is InChI=1S/C17H23N3O/c1-19-9-4-10-20(2)16(12-19)17(21)15-6-3-5-13-11-18-8-7-14(13)15/h3,5-8,11,16-17,21H,4,9-10,12H2,1-2H3. The lowest BCUT2D eigenvalue weighted by molar-refractivity contribution is 0.0582. The number of benzene rings is 1. The molecule has 4 heteroatoms.